The maximum atomic E-state index is 3.58. The van der Waals surface area contributed by atoms with Crippen LogP contribution in [0.5, 0.6) is 0 Å². The third kappa shape index (κ3) is 1.85. The maximum Gasteiger partial charge on any atom is 0.0326 e. The fourth-order valence-electron chi connectivity index (χ4n) is 1.41. The molecule has 0 bridgehead atoms. The van der Waals surface area contributed by atoms with Gasteiger partial charge in [0.15, 0.2) is 0 Å². The van der Waals surface area contributed by atoms with Gasteiger partial charge in [-0.1, -0.05) is 41.4 Å². The topological polar surface area (TPSA) is 0 Å². The summed E-state index contributed by atoms with van der Waals surface area (Å²) < 4.78 is 0. The Morgan fingerprint density at radius 3 is 2.40 bits per heavy atom. The third-order valence-electron chi connectivity index (χ3n) is 2.11. The van der Waals surface area contributed by atoms with Crippen LogP contribution in [0.25, 0.3) is 0 Å². The lowest BCUT2D eigenvalue weighted by Crippen LogP contribution is -2.06. The lowest BCUT2D eigenvalue weighted by atomic mass is 9.89. The van der Waals surface area contributed by atoms with Gasteiger partial charge in [0.25, 0.3) is 0 Å². The van der Waals surface area contributed by atoms with Crippen LogP contribution in [0.2, 0.25) is 0 Å². The summed E-state index contributed by atoms with van der Waals surface area (Å²) in [5.74, 6) is 0. The van der Waals surface area contributed by atoms with E-state index in [2.05, 4.69) is 42.8 Å². The fraction of sp³-hybridized carbons (Fsp3) is 0.778. The summed E-state index contributed by atoms with van der Waals surface area (Å²) in [6, 6.07) is 0. The number of hydrogen-bond acceptors (Lipinski definition) is 0. The lowest BCUT2D eigenvalue weighted by molar-refractivity contribution is 0.392. The van der Waals surface area contributed by atoms with Gasteiger partial charge in [0, 0.05) is 4.83 Å². The van der Waals surface area contributed by atoms with Crippen molar-refractivity contribution >= 4 is 15.9 Å². The van der Waals surface area contributed by atoms with Gasteiger partial charge in [0.2, 0.25) is 0 Å². The average molecular weight is 203 g/mol. The van der Waals surface area contributed by atoms with Gasteiger partial charge >= 0.3 is 0 Å². The van der Waals surface area contributed by atoms with E-state index in [-0.39, 0.29) is 0 Å². The second-order valence-electron chi connectivity index (χ2n) is 3.94. The van der Waals surface area contributed by atoms with Crippen molar-refractivity contribution in [1.82, 2.24) is 0 Å². The third-order valence-corrected chi connectivity index (χ3v) is 2.70. The number of hydrogen-bond donors (Lipinski definition) is 0. The van der Waals surface area contributed by atoms with Crippen LogP contribution >= 0.6 is 15.9 Å². The summed E-state index contributed by atoms with van der Waals surface area (Å²) in [5.41, 5.74) is 2.10. The van der Waals surface area contributed by atoms with Crippen molar-refractivity contribution < 1.29 is 0 Å². The first-order chi connectivity index (χ1) is 4.51. The molecule has 1 aliphatic carbocycles. The van der Waals surface area contributed by atoms with Crippen molar-refractivity contribution in [2.24, 2.45) is 5.41 Å². The van der Waals surface area contributed by atoms with Gasteiger partial charge in [-0.15, -0.1) is 0 Å². The Kier molecular flexibility index (Phi) is 2.24. The van der Waals surface area contributed by atoms with Crippen molar-refractivity contribution in [2.45, 2.75) is 38.4 Å². The second-order valence-corrected chi connectivity index (χ2v) is 5.31. The van der Waals surface area contributed by atoms with Crippen LogP contribution in [0.1, 0.15) is 33.6 Å². The van der Waals surface area contributed by atoms with E-state index in [4.69, 9.17) is 0 Å². The monoisotopic (exact) mass is 202 g/mol. The molecule has 0 aromatic carbocycles. The van der Waals surface area contributed by atoms with Crippen LogP contribution in [0.4, 0.5) is 0 Å². The Labute approximate surface area is 71.8 Å². The molecular weight excluding hydrogens is 188 g/mol. The predicted octanol–water partition coefficient (Wildman–Crippen LogP) is 3.52. The van der Waals surface area contributed by atoms with Gasteiger partial charge in [-0.05, 0) is 25.2 Å². The maximum absolute atomic E-state index is 3.58. The molecule has 0 saturated carbocycles. The van der Waals surface area contributed by atoms with E-state index in [9.17, 15) is 0 Å². The summed E-state index contributed by atoms with van der Waals surface area (Å²) in [5, 5.41) is 0. The van der Waals surface area contributed by atoms with E-state index in [0.717, 1.165) is 0 Å². The summed E-state index contributed by atoms with van der Waals surface area (Å²) in [4.78, 5) is 0.578. The molecule has 0 aromatic heterocycles. The summed E-state index contributed by atoms with van der Waals surface area (Å²) in [6.07, 6.45) is 4.89. The van der Waals surface area contributed by atoms with Crippen LogP contribution < -0.4 is 0 Å². The second kappa shape index (κ2) is 2.69. The SMILES string of the molecule is CC(Br)C1=CCC(C)(C)C1. The van der Waals surface area contributed by atoms with Crippen LogP contribution in [0.3, 0.4) is 0 Å². The number of allylic oxidation sites excluding steroid dienone is 2. The molecule has 10 heavy (non-hydrogen) atoms. The molecule has 0 fully saturated rings. The highest BCUT2D eigenvalue weighted by Crippen LogP contribution is 2.38. The summed E-state index contributed by atoms with van der Waals surface area (Å²) >= 11 is 3.58. The number of alkyl halides is 1. The van der Waals surface area contributed by atoms with Gasteiger partial charge in [-0.3, -0.25) is 0 Å². The quantitative estimate of drug-likeness (QED) is 0.451. The highest BCUT2D eigenvalue weighted by atomic mass is 79.9. The Morgan fingerprint density at radius 2 is 2.20 bits per heavy atom. The van der Waals surface area contributed by atoms with Gasteiger partial charge in [0.05, 0.1) is 0 Å². The summed E-state index contributed by atoms with van der Waals surface area (Å²) in [6.45, 7) is 6.85. The Morgan fingerprint density at radius 1 is 1.60 bits per heavy atom. The Bertz CT molecular complexity index is 154. The van der Waals surface area contributed by atoms with Crippen molar-refractivity contribution in [3.8, 4) is 0 Å². The molecule has 0 saturated heterocycles. The smallest absolute Gasteiger partial charge is 0.0326 e. The summed E-state index contributed by atoms with van der Waals surface area (Å²) in [7, 11) is 0. The standard InChI is InChI=1S/C9H15Br/c1-7(10)8-4-5-9(2,3)6-8/h4,7H,5-6H2,1-3H3. The average Bonchev–Trinajstić information content (AvgIpc) is 2.10. The highest BCUT2D eigenvalue weighted by molar-refractivity contribution is 9.09. The van der Waals surface area contributed by atoms with Crippen LogP contribution in [0, 0.1) is 5.41 Å². The molecule has 0 heterocycles. The van der Waals surface area contributed by atoms with E-state index in [1.54, 1.807) is 5.57 Å². The molecule has 0 N–H and O–H groups in total. The Balaban J connectivity index is 2.55. The van der Waals surface area contributed by atoms with Crippen molar-refractivity contribution in [3.63, 3.8) is 0 Å². The number of rotatable bonds is 1. The molecule has 1 heteroatoms. The van der Waals surface area contributed by atoms with E-state index in [1.807, 2.05) is 0 Å². The largest absolute Gasteiger partial charge is 0.0845 e. The highest BCUT2D eigenvalue weighted by Gasteiger charge is 2.25. The van der Waals surface area contributed by atoms with Gasteiger partial charge < -0.3 is 0 Å². The molecular formula is C9H15Br. The van der Waals surface area contributed by atoms with Crippen LogP contribution in [0.15, 0.2) is 11.6 Å². The van der Waals surface area contributed by atoms with Gasteiger partial charge in [-0.25, -0.2) is 0 Å². The van der Waals surface area contributed by atoms with E-state index < -0.39 is 0 Å². The molecule has 0 radical (unpaired) electrons. The molecule has 0 nitrogen and oxygen atoms in total. The first-order valence-corrected chi connectivity index (χ1v) is 4.76. The zero-order valence-corrected chi connectivity index (χ0v) is 8.53. The normalized spacial score (nSPS) is 26.2. The first-order valence-electron chi connectivity index (χ1n) is 3.84. The lowest BCUT2D eigenvalue weighted by Gasteiger charge is -2.17. The molecule has 0 aliphatic heterocycles. The minimum absolute atomic E-state index is 0.525. The fourth-order valence-corrected chi connectivity index (χ4v) is 1.76. The molecule has 1 unspecified atom stereocenters. The van der Waals surface area contributed by atoms with Gasteiger partial charge in [-0.2, -0.15) is 0 Å². The molecule has 0 spiro atoms. The minimum Gasteiger partial charge on any atom is -0.0845 e. The van der Waals surface area contributed by atoms with Crippen molar-refractivity contribution in [2.75, 3.05) is 0 Å². The van der Waals surface area contributed by atoms with Crippen molar-refractivity contribution in [3.05, 3.63) is 11.6 Å². The minimum atomic E-state index is 0.525. The number of halogens is 1. The predicted molar refractivity (Wildman–Crippen MR) is 49.5 cm³/mol. The van der Waals surface area contributed by atoms with E-state index >= 15 is 0 Å². The molecule has 58 valence electrons. The van der Waals surface area contributed by atoms with Crippen molar-refractivity contribution in [1.29, 1.82) is 0 Å². The van der Waals surface area contributed by atoms with Gasteiger partial charge in [0.1, 0.15) is 0 Å². The molecule has 0 aromatic rings. The first kappa shape index (κ1) is 8.32. The van der Waals surface area contributed by atoms with E-state index in [1.165, 1.54) is 12.8 Å². The van der Waals surface area contributed by atoms with Crippen LogP contribution in [-0.2, 0) is 0 Å². The van der Waals surface area contributed by atoms with Crippen LogP contribution in [-0.4, -0.2) is 4.83 Å². The zero-order valence-electron chi connectivity index (χ0n) is 6.95. The zero-order chi connectivity index (χ0) is 7.78. The molecule has 1 aliphatic rings. The molecule has 1 atom stereocenters. The molecule has 0 amide bonds. The van der Waals surface area contributed by atoms with E-state index in [0.29, 0.717) is 10.2 Å². The Hall–Kier alpha value is 0.220. The molecule has 1 rings (SSSR count).